The Labute approximate surface area is 117 Å². The molecule has 1 aromatic carbocycles. The van der Waals surface area contributed by atoms with Gasteiger partial charge in [-0.15, -0.1) is 0 Å². The van der Waals surface area contributed by atoms with Gasteiger partial charge in [0.25, 0.3) is 0 Å². The van der Waals surface area contributed by atoms with Gasteiger partial charge in [0.2, 0.25) is 0 Å². The summed E-state index contributed by atoms with van der Waals surface area (Å²) in [5, 5.41) is 5.61. The molecule has 1 aromatic heterocycles. The minimum atomic E-state index is -0.0441. The van der Waals surface area contributed by atoms with Gasteiger partial charge in [0.05, 0.1) is 5.69 Å². The van der Waals surface area contributed by atoms with Crippen LogP contribution in [0, 0.1) is 6.92 Å². The second-order valence-corrected chi connectivity index (χ2v) is 5.07. The lowest BCUT2D eigenvalue weighted by molar-refractivity contribution is 0.660. The van der Waals surface area contributed by atoms with Crippen molar-refractivity contribution in [3.8, 4) is 0 Å². The monoisotopic (exact) mass is 283 g/mol. The Hall–Kier alpha value is -1.03. The summed E-state index contributed by atoms with van der Waals surface area (Å²) in [5.74, 6) is -0.0441. The second-order valence-electron chi connectivity index (χ2n) is 4.26. The lowest BCUT2D eigenvalue weighted by Gasteiger charge is -2.18. The Bertz CT molecular complexity index is 543. The Morgan fingerprint density at radius 1 is 1.33 bits per heavy atom. The van der Waals surface area contributed by atoms with Crippen LogP contribution in [0.2, 0.25) is 10.0 Å². The fraction of sp³-hybridized carbons (Fsp3) is 0.308. The summed E-state index contributed by atoms with van der Waals surface area (Å²) >= 11 is 12.5. The average Bonchev–Trinajstić information content (AvgIpc) is 2.63. The maximum atomic E-state index is 6.24. The number of rotatable bonds is 3. The van der Waals surface area contributed by atoms with Gasteiger partial charge < -0.3 is 5.73 Å². The van der Waals surface area contributed by atoms with Crippen molar-refractivity contribution in [2.24, 2.45) is 12.8 Å². The Morgan fingerprint density at radius 3 is 2.39 bits per heavy atom. The fourth-order valence-corrected chi connectivity index (χ4v) is 2.85. The maximum absolute atomic E-state index is 6.24. The van der Waals surface area contributed by atoms with Gasteiger partial charge in [0, 0.05) is 35.2 Å². The number of nitrogens with two attached hydrogens (primary N) is 1. The molecule has 2 aromatic rings. The molecule has 3 nitrogen and oxygen atoms in total. The number of aryl methyl sites for hydroxylation is 2. The van der Waals surface area contributed by atoms with Crippen LogP contribution < -0.4 is 5.73 Å². The van der Waals surface area contributed by atoms with Crippen molar-refractivity contribution in [3.05, 3.63) is 51.3 Å². The van der Waals surface area contributed by atoms with Crippen LogP contribution in [-0.4, -0.2) is 16.3 Å². The number of hydrogen-bond donors (Lipinski definition) is 1. The predicted molar refractivity (Wildman–Crippen MR) is 75.3 cm³/mol. The molecule has 0 amide bonds. The zero-order valence-electron chi connectivity index (χ0n) is 10.3. The van der Waals surface area contributed by atoms with Crippen molar-refractivity contribution in [1.82, 2.24) is 9.78 Å². The molecular weight excluding hydrogens is 269 g/mol. The van der Waals surface area contributed by atoms with Crippen molar-refractivity contribution in [1.29, 1.82) is 0 Å². The largest absolute Gasteiger partial charge is 0.329 e. The highest BCUT2D eigenvalue weighted by atomic mass is 35.5. The third kappa shape index (κ3) is 2.39. The Balaban J connectivity index is 2.55. The van der Waals surface area contributed by atoms with E-state index in [0.717, 1.165) is 17.0 Å². The molecule has 0 bridgehead atoms. The van der Waals surface area contributed by atoms with Crippen LogP contribution in [0.1, 0.15) is 22.9 Å². The van der Waals surface area contributed by atoms with E-state index in [1.165, 1.54) is 0 Å². The first kappa shape index (κ1) is 13.4. The van der Waals surface area contributed by atoms with Crippen molar-refractivity contribution < 1.29 is 0 Å². The highest BCUT2D eigenvalue weighted by molar-refractivity contribution is 6.36. The molecular formula is C13H15Cl2N3. The van der Waals surface area contributed by atoms with Gasteiger partial charge in [-0.1, -0.05) is 29.3 Å². The van der Waals surface area contributed by atoms with Gasteiger partial charge in [0.15, 0.2) is 0 Å². The van der Waals surface area contributed by atoms with E-state index < -0.39 is 0 Å². The zero-order valence-corrected chi connectivity index (χ0v) is 11.8. The molecule has 1 unspecified atom stereocenters. The smallest absolute Gasteiger partial charge is 0.0596 e. The molecule has 0 fully saturated rings. The first-order valence-electron chi connectivity index (χ1n) is 5.69. The van der Waals surface area contributed by atoms with Crippen LogP contribution in [-0.2, 0) is 7.05 Å². The highest BCUT2D eigenvalue weighted by Gasteiger charge is 2.21. The standard InChI is InChI=1S/C13H15Cl2N3/c1-8-6-12(18(2)17-8)9(7-16)13-10(14)4-3-5-11(13)15/h3-6,9H,7,16H2,1-2H3. The van der Waals surface area contributed by atoms with Crippen molar-refractivity contribution >= 4 is 23.2 Å². The van der Waals surface area contributed by atoms with Crippen LogP contribution in [0.5, 0.6) is 0 Å². The van der Waals surface area contributed by atoms with Gasteiger partial charge in [-0.3, -0.25) is 4.68 Å². The van der Waals surface area contributed by atoms with Gasteiger partial charge in [-0.2, -0.15) is 5.10 Å². The molecule has 0 radical (unpaired) electrons. The number of halogens is 2. The Kier molecular flexibility index (Phi) is 3.95. The molecule has 0 aliphatic carbocycles. The molecule has 18 heavy (non-hydrogen) atoms. The normalized spacial score (nSPS) is 12.7. The van der Waals surface area contributed by atoms with E-state index in [9.17, 15) is 0 Å². The molecule has 2 N–H and O–H groups in total. The summed E-state index contributed by atoms with van der Waals surface area (Å²) in [6.07, 6.45) is 0. The second kappa shape index (κ2) is 5.31. The van der Waals surface area contributed by atoms with E-state index in [1.807, 2.05) is 42.9 Å². The summed E-state index contributed by atoms with van der Waals surface area (Å²) in [5.41, 5.74) is 8.73. The number of benzene rings is 1. The van der Waals surface area contributed by atoms with E-state index in [-0.39, 0.29) is 5.92 Å². The van der Waals surface area contributed by atoms with E-state index in [2.05, 4.69) is 5.10 Å². The first-order chi connectivity index (χ1) is 8.54. The highest BCUT2D eigenvalue weighted by Crippen LogP contribution is 2.35. The minimum Gasteiger partial charge on any atom is -0.329 e. The van der Waals surface area contributed by atoms with Crippen molar-refractivity contribution in [3.63, 3.8) is 0 Å². The van der Waals surface area contributed by atoms with E-state index >= 15 is 0 Å². The maximum Gasteiger partial charge on any atom is 0.0596 e. The summed E-state index contributed by atoms with van der Waals surface area (Å²) in [6, 6.07) is 7.50. The van der Waals surface area contributed by atoms with Crippen LogP contribution in [0.3, 0.4) is 0 Å². The molecule has 0 saturated carbocycles. The minimum absolute atomic E-state index is 0.0441. The molecule has 0 saturated heterocycles. The number of aromatic nitrogens is 2. The zero-order chi connectivity index (χ0) is 13.3. The summed E-state index contributed by atoms with van der Waals surface area (Å²) in [4.78, 5) is 0. The summed E-state index contributed by atoms with van der Waals surface area (Å²) in [7, 11) is 1.90. The van der Waals surface area contributed by atoms with Crippen LogP contribution in [0.4, 0.5) is 0 Å². The number of nitrogens with zero attached hydrogens (tertiary/aromatic N) is 2. The molecule has 2 rings (SSSR count). The SMILES string of the molecule is Cc1cc(C(CN)c2c(Cl)cccc2Cl)n(C)n1. The van der Waals surface area contributed by atoms with Crippen LogP contribution >= 0.6 is 23.2 Å². The van der Waals surface area contributed by atoms with E-state index in [4.69, 9.17) is 28.9 Å². The van der Waals surface area contributed by atoms with Crippen LogP contribution in [0.15, 0.2) is 24.3 Å². The third-order valence-corrected chi connectivity index (χ3v) is 3.64. The first-order valence-corrected chi connectivity index (χ1v) is 6.44. The van der Waals surface area contributed by atoms with Gasteiger partial charge >= 0.3 is 0 Å². The summed E-state index contributed by atoms with van der Waals surface area (Å²) in [6.45, 7) is 2.38. The topological polar surface area (TPSA) is 43.8 Å². The lowest BCUT2D eigenvalue weighted by atomic mass is 9.95. The number of hydrogen-bond acceptors (Lipinski definition) is 2. The average molecular weight is 284 g/mol. The van der Waals surface area contributed by atoms with Gasteiger partial charge in [-0.05, 0) is 30.7 Å². The molecule has 0 aliphatic rings. The third-order valence-electron chi connectivity index (χ3n) is 2.98. The fourth-order valence-electron chi connectivity index (χ4n) is 2.19. The quantitative estimate of drug-likeness (QED) is 0.941. The molecule has 1 heterocycles. The van der Waals surface area contributed by atoms with E-state index in [1.54, 1.807) is 0 Å². The lowest BCUT2D eigenvalue weighted by Crippen LogP contribution is -2.17. The molecule has 1 atom stereocenters. The molecule has 5 heteroatoms. The molecule has 96 valence electrons. The van der Waals surface area contributed by atoms with Gasteiger partial charge in [-0.25, -0.2) is 0 Å². The molecule has 0 spiro atoms. The van der Waals surface area contributed by atoms with Crippen molar-refractivity contribution in [2.45, 2.75) is 12.8 Å². The van der Waals surface area contributed by atoms with Gasteiger partial charge in [0.1, 0.15) is 0 Å². The predicted octanol–water partition coefficient (Wildman–Crippen LogP) is 3.13. The summed E-state index contributed by atoms with van der Waals surface area (Å²) < 4.78 is 1.83. The van der Waals surface area contributed by atoms with E-state index in [0.29, 0.717) is 16.6 Å². The Morgan fingerprint density at radius 2 is 1.94 bits per heavy atom. The molecule has 0 aliphatic heterocycles. The van der Waals surface area contributed by atoms with Crippen molar-refractivity contribution in [2.75, 3.05) is 6.54 Å². The van der Waals surface area contributed by atoms with Crippen LogP contribution in [0.25, 0.3) is 0 Å².